The van der Waals surface area contributed by atoms with Crippen molar-refractivity contribution in [1.29, 1.82) is 0 Å². The van der Waals surface area contributed by atoms with Crippen molar-refractivity contribution in [3.05, 3.63) is 193 Å². The molecule has 0 saturated heterocycles. The molecule has 0 aliphatic heterocycles. The van der Waals surface area contributed by atoms with Crippen LogP contribution in [0.2, 0.25) is 0 Å². The number of non-ortho nitro benzene ring substituents is 3. The number of nitrogens with zero attached hydrogens (tertiary/aromatic N) is 4. The van der Waals surface area contributed by atoms with Crippen molar-refractivity contribution >= 4 is 69.3 Å². The first kappa shape index (κ1) is 50.6. The average Bonchev–Trinajstić information content (AvgIpc) is 3.34. The molecule has 70 heavy (non-hydrogen) atoms. The van der Waals surface area contributed by atoms with E-state index in [-0.39, 0.29) is 17.1 Å². The summed E-state index contributed by atoms with van der Waals surface area (Å²) >= 11 is 0. The Hall–Kier alpha value is -8.83. The van der Waals surface area contributed by atoms with E-state index in [9.17, 15) is 44.7 Å². The zero-order valence-corrected chi connectivity index (χ0v) is 37.7. The Morgan fingerprint density at radius 1 is 0.343 bits per heavy atom. The van der Waals surface area contributed by atoms with Crippen LogP contribution in [0.25, 0.3) is 0 Å². The fraction of sp³-hybridized carbons (Fsp3) is 0.188. The lowest BCUT2D eigenvalue weighted by Crippen LogP contribution is -2.40. The molecule has 0 fully saturated rings. The lowest BCUT2D eigenvalue weighted by atomic mass is 10.2. The van der Waals surface area contributed by atoms with Crippen LogP contribution in [0.3, 0.4) is 0 Å². The molecule has 0 aliphatic rings. The van der Waals surface area contributed by atoms with Crippen molar-refractivity contribution in [2.24, 2.45) is 0 Å². The first-order valence-electron chi connectivity index (χ1n) is 21.9. The van der Waals surface area contributed by atoms with E-state index in [4.69, 9.17) is 0 Å². The number of rotatable bonds is 24. The molecule has 22 heteroatoms. The molecule has 6 rings (SSSR count). The predicted molar refractivity (Wildman–Crippen MR) is 268 cm³/mol. The van der Waals surface area contributed by atoms with Crippen LogP contribution < -0.4 is 47.9 Å². The SMILES string of the molecule is O=C(Nc1ccc(CNCCN(CCNCc2ccc(NC(=O)Nc3ccc([N+](=O)[O-])cc3)cc2)CCNCc2ccc(NC(=O)Nc3ccc([N+](=O)[O-])cc3)cc2)cc1)Nc1ccc([N+](=O)[O-])cc1. The van der Waals surface area contributed by atoms with E-state index >= 15 is 0 Å². The van der Waals surface area contributed by atoms with Gasteiger partial charge in [0.25, 0.3) is 17.1 Å². The van der Waals surface area contributed by atoms with Gasteiger partial charge in [0.1, 0.15) is 0 Å². The highest BCUT2D eigenvalue weighted by Gasteiger charge is 2.11. The first-order chi connectivity index (χ1) is 33.8. The monoisotopic (exact) mass is 953 g/mol. The zero-order chi connectivity index (χ0) is 49.7. The van der Waals surface area contributed by atoms with Crippen LogP contribution >= 0.6 is 0 Å². The molecular formula is C48H51N13O9. The van der Waals surface area contributed by atoms with E-state index in [1.807, 2.05) is 36.4 Å². The molecule has 9 N–H and O–H groups in total. The number of benzene rings is 6. The predicted octanol–water partition coefficient (Wildman–Crippen LogP) is 8.31. The quantitative estimate of drug-likeness (QED) is 0.0157. The fourth-order valence-corrected chi connectivity index (χ4v) is 6.74. The summed E-state index contributed by atoms with van der Waals surface area (Å²) in [6, 6.07) is 37.5. The second kappa shape index (κ2) is 25.9. The number of anilines is 6. The number of nitro benzene ring substituents is 3. The van der Waals surface area contributed by atoms with Crippen LogP contribution in [0.15, 0.2) is 146 Å². The Bertz CT molecular complexity index is 2390. The smallest absolute Gasteiger partial charge is 0.311 e. The number of amides is 6. The van der Waals surface area contributed by atoms with Crippen LogP contribution in [0, 0.1) is 30.3 Å². The van der Waals surface area contributed by atoms with Gasteiger partial charge in [0, 0.05) is 129 Å². The van der Waals surface area contributed by atoms with E-state index in [1.165, 1.54) is 72.8 Å². The van der Waals surface area contributed by atoms with Crippen LogP contribution in [-0.2, 0) is 19.6 Å². The molecule has 0 unspecified atom stereocenters. The van der Waals surface area contributed by atoms with Gasteiger partial charge in [0.05, 0.1) is 14.8 Å². The molecule has 6 amide bonds. The van der Waals surface area contributed by atoms with E-state index < -0.39 is 32.9 Å². The number of urea groups is 3. The van der Waals surface area contributed by atoms with Gasteiger partial charge in [0.15, 0.2) is 0 Å². The summed E-state index contributed by atoms with van der Waals surface area (Å²) in [4.78, 5) is 71.0. The number of hydrogen-bond donors (Lipinski definition) is 9. The molecule has 0 saturated carbocycles. The molecule has 0 aliphatic carbocycles. The minimum Gasteiger partial charge on any atom is -0.311 e. The normalized spacial score (nSPS) is 10.8. The van der Waals surface area contributed by atoms with Crippen LogP contribution in [0.5, 0.6) is 0 Å². The first-order valence-corrected chi connectivity index (χ1v) is 21.9. The van der Waals surface area contributed by atoms with Crippen molar-refractivity contribution in [2.45, 2.75) is 19.6 Å². The van der Waals surface area contributed by atoms with Gasteiger partial charge in [0.2, 0.25) is 0 Å². The van der Waals surface area contributed by atoms with Gasteiger partial charge in [-0.1, -0.05) is 36.4 Å². The van der Waals surface area contributed by atoms with Gasteiger partial charge in [-0.3, -0.25) is 35.2 Å². The molecule has 362 valence electrons. The maximum absolute atomic E-state index is 12.5. The molecule has 0 heterocycles. The lowest BCUT2D eigenvalue weighted by molar-refractivity contribution is -0.385. The summed E-state index contributed by atoms with van der Waals surface area (Å²) in [6.07, 6.45) is 0. The minimum absolute atomic E-state index is 0.0699. The van der Waals surface area contributed by atoms with Gasteiger partial charge in [-0.15, -0.1) is 0 Å². The van der Waals surface area contributed by atoms with Crippen molar-refractivity contribution in [2.75, 3.05) is 71.2 Å². The highest BCUT2D eigenvalue weighted by Crippen LogP contribution is 2.19. The van der Waals surface area contributed by atoms with Gasteiger partial charge in [-0.25, -0.2) is 14.4 Å². The van der Waals surface area contributed by atoms with Crippen LogP contribution in [0.4, 0.5) is 65.6 Å². The third-order valence-corrected chi connectivity index (χ3v) is 10.4. The Balaban J connectivity index is 0.936. The molecule has 0 aromatic heterocycles. The van der Waals surface area contributed by atoms with Gasteiger partial charge in [-0.05, 0) is 89.5 Å². The summed E-state index contributed by atoms with van der Waals surface area (Å²) in [5.74, 6) is 0. The molecule has 6 aromatic rings. The molecular weight excluding hydrogens is 903 g/mol. The summed E-state index contributed by atoms with van der Waals surface area (Å²) < 4.78 is 0. The van der Waals surface area contributed by atoms with E-state index in [1.54, 1.807) is 36.4 Å². The van der Waals surface area contributed by atoms with Crippen molar-refractivity contribution in [1.82, 2.24) is 20.9 Å². The number of hydrogen-bond acceptors (Lipinski definition) is 13. The van der Waals surface area contributed by atoms with Crippen molar-refractivity contribution < 1.29 is 29.2 Å². The second-order valence-electron chi connectivity index (χ2n) is 15.6. The van der Waals surface area contributed by atoms with E-state index in [0.717, 1.165) is 36.3 Å². The topological polar surface area (TPSA) is 292 Å². The maximum Gasteiger partial charge on any atom is 0.323 e. The molecule has 6 aromatic carbocycles. The molecule has 0 bridgehead atoms. The molecule has 0 atom stereocenters. The Morgan fingerprint density at radius 2 is 0.543 bits per heavy atom. The van der Waals surface area contributed by atoms with Crippen molar-refractivity contribution in [3.8, 4) is 0 Å². The number of carbonyl (C=O) groups is 3. The largest absolute Gasteiger partial charge is 0.323 e. The standard InChI is InChI=1S/C48H51N13O9/c62-46(55-40-13-19-43(20-14-40)59(65)66)52-37-7-1-34(2-8-37)31-49-25-28-58(29-26-50-32-35-3-9-38(10-4-35)53-47(63)56-41-15-21-44(22-16-41)60(67)68)30-27-51-33-36-5-11-39(12-6-36)54-48(64)57-42-17-23-45(24-18-42)61(69)70/h1-24,49-51H,25-33H2,(H2,52,55,62)(H2,53,56,63)(H2,54,57,64). The maximum atomic E-state index is 12.5. The van der Waals surface area contributed by atoms with Crippen LogP contribution in [0.1, 0.15) is 16.7 Å². The number of carbonyl (C=O) groups excluding carboxylic acids is 3. The van der Waals surface area contributed by atoms with Crippen LogP contribution in [-0.4, -0.2) is 77.0 Å². The molecule has 22 nitrogen and oxygen atoms in total. The lowest BCUT2D eigenvalue weighted by Gasteiger charge is -2.23. The van der Waals surface area contributed by atoms with E-state index in [0.29, 0.717) is 73.4 Å². The third-order valence-electron chi connectivity index (χ3n) is 10.4. The summed E-state index contributed by atoms with van der Waals surface area (Å²) in [6.45, 7) is 6.21. The van der Waals surface area contributed by atoms with E-state index in [2.05, 4.69) is 52.8 Å². The van der Waals surface area contributed by atoms with Gasteiger partial charge < -0.3 is 47.9 Å². The fourth-order valence-electron chi connectivity index (χ4n) is 6.74. The van der Waals surface area contributed by atoms with Crippen molar-refractivity contribution in [3.63, 3.8) is 0 Å². The second-order valence-corrected chi connectivity index (χ2v) is 15.6. The number of nitrogens with one attached hydrogen (secondary N) is 9. The minimum atomic E-state index is -0.508. The summed E-state index contributed by atoms with van der Waals surface area (Å²) in [7, 11) is 0. The molecule has 0 radical (unpaired) electrons. The van der Waals surface area contributed by atoms with Gasteiger partial charge in [-0.2, -0.15) is 0 Å². The summed E-state index contributed by atoms with van der Waals surface area (Å²) in [5, 5.41) is 59.4. The Morgan fingerprint density at radius 3 is 0.743 bits per heavy atom. The number of nitro groups is 3. The summed E-state index contributed by atoms with van der Waals surface area (Å²) in [5.41, 5.74) is 5.88. The molecule has 0 spiro atoms. The highest BCUT2D eigenvalue weighted by atomic mass is 16.6. The zero-order valence-electron chi connectivity index (χ0n) is 37.7. The van der Waals surface area contributed by atoms with Gasteiger partial charge >= 0.3 is 18.1 Å². The Kier molecular flexibility index (Phi) is 18.7. The Labute approximate surface area is 401 Å². The highest BCUT2D eigenvalue weighted by molar-refractivity contribution is 6.01. The third kappa shape index (κ3) is 17.1. The average molecular weight is 954 g/mol.